The number of rotatable bonds is 10. The quantitative estimate of drug-likeness (QED) is 0.490. The highest BCUT2D eigenvalue weighted by atomic mass is 19.1. The zero-order chi connectivity index (χ0) is 24.1. The van der Waals surface area contributed by atoms with E-state index < -0.39 is 0 Å². The Bertz CT molecular complexity index is 913. The van der Waals surface area contributed by atoms with Crippen LogP contribution >= 0.6 is 0 Å². The van der Waals surface area contributed by atoms with Gasteiger partial charge in [-0.2, -0.15) is 0 Å². The Hall–Kier alpha value is -2.53. The fourth-order valence-electron chi connectivity index (χ4n) is 5.59. The first-order chi connectivity index (χ1) is 16.4. The second-order valence-electron chi connectivity index (χ2n) is 10.6. The zero-order valence-electron chi connectivity index (χ0n) is 21.0. The molecule has 34 heavy (non-hydrogen) atoms. The number of hydrogen-bond acceptors (Lipinski definition) is 4. The average Bonchev–Trinajstić information content (AvgIpc) is 2.81. The molecule has 2 fully saturated rings. The van der Waals surface area contributed by atoms with Crippen LogP contribution in [0.25, 0.3) is 0 Å². The summed E-state index contributed by atoms with van der Waals surface area (Å²) < 4.78 is 19.3. The van der Waals surface area contributed by atoms with Crippen molar-refractivity contribution in [2.45, 2.75) is 52.2 Å². The number of likely N-dealkylation sites (tertiary alicyclic amines) is 1. The van der Waals surface area contributed by atoms with Crippen LogP contribution in [0.3, 0.4) is 0 Å². The maximum atomic E-state index is 13.5. The van der Waals surface area contributed by atoms with Crippen LogP contribution in [0, 0.1) is 23.6 Å². The van der Waals surface area contributed by atoms with Crippen LogP contribution in [0.5, 0.6) is 5.75 Å². The first-order valence-electron chi connectivity index (χ1n) is 12.7. The van der Waals surface area contributed by atoms with Crippen molar-refractivity contribution in [3.63, 3.8) is 0 Å². The third-order valence-corrected chi connectivity index (χ3v) is 7.18. The van der Waals surface area contributed by atoms with Crippen LogP contribution in [0.4, 0.5) is 4.39 Å². The van der Waals surface area contributed by atoms with Crippen LogP contribution in [0.1, 0.15) is 44.2 Å². The molecule has 1 N–H and O–H groups in total. The predicted molar refractivity (Wildman–Crippen MR) is 137 cm³/mol. The van der Waals surface area contributed by atoms with Crippen LogP contribution in [0.2, 0.25) is 0 Å². The molecule has 4 rings (SSSR count). The lowest BCUT2D eigenvalue weighted by Gasteiger charge is -2.52. The molecule has 1 aliphatic carbocycles. The normalized spacial score (nSPS) is 22.4. The van der Waals surface area contributed by atoms with Gasteiger partial charge in [-0.05, 0) is 73.0 Å². The topological polar surface area (TPSA) is 27.7 Å². The summed E-state index contributed by atoms with van der Waals surface area (Å²) >= 11 is 0. The Morgan fingerprint density at radius 1 is 1.06 bits per heavy atom. The summed E-state index contributed by atoms with van der Waals surface area (Å²) in [6, 6.07) is 15.7. The minimum Gasteiger partial charge on any atom is -0.493 e. The number of benzene rings is 2. The molecule has 1 saturated heterocycles. The number of halogens is 1. The lowest BCUT2D eigenvalue weighted by atomic mass is 9.72. The van der Waals surface area contributed by atoms with E-state index >= 15 is 0 Å². The van der Waals surface area contributed by atoms with E-state index in [1.165, 1.54) is 24.8 Å². The van der Waals surface area contributed by atoms with Crippen LogP contribution in [-0.4, -0.2) is 42.6 Å². The smallest absolute Gasteiger partial charge is 0.123 e. The SMILES string of the molecule is C=C(NCc1ccc(OCC(C)C)cc1)N(Cc1ccc(F)cc1)C1C2CCCC1CN(C)C2. The van der Waals surface area contributed by atoms with E-state index in [2.05, 4.69) is 54.7 Å². The molecule has 2 unspecified atom stereocenters. The van der Waals surface area contributed by atoms with E-state index in [0.29, 0.717) is 30.3 Å². The highest BCUT2D eigenvalue weighted by Gasteiger charge is 2.42. The molecule has 2 aromatic rings. The predicted octanol–water partition coefficient (Wildman–Crippen LogP) is 5.65. The Kier molecular flexibility index (Phi) is 8.15. The third kappa shape index (κ3) is 6.32. The molecule has 1 heterocycles. The average molecular weight is 466 g/mol. The van der Waals surface area contributed by atoms with E-state index in [-0.39, 0.29) is 5.82 Å². The molecule has 1 saturated carbocycles. The lowest BCUT2D eigenvalue weighted by molar-refractivity contribution is -0.00184. The molecular formula is C29H40FN3O. The van der Waals surface area contributed by atoms with E-state index in [1.54, 1.807) is 12.1 Å². The van der Waals surface area contributed by atoms with Crippen LogP contribution in [0.15, 0.2) is 60.9 Å². The van der Waals surface area contributed by atoms with Gasteiger partial charge in [-0.3, -0.25) is 0 Å². The van der Waals surface area contributed by atoms with E-state index in [0.717, 1.165) is 43.4 Å². The molecule has 0 radical (unpaired) electrons. The maximum Gasteiger partial charge on any atom is 0.123 e. The monoisotopic (exact) mass is 465 g/mol. The van der Waals surface area contributed by atoms with Gasteiger partial charge in [0.15, 0.2) is 0 Å². The molecule has 4 nitrogen and oxygen atoms in total. The highest BCUT2D eigenvalue weighted by Crippen LogP contribution is 2.39. The van der Waals surface area contributed by atoms with Gasteiger partial charge in [-0.1, -0.05) is 51.1 Å². The lowest BCUT2D eigenvalue weighted by Crippen LogP contribution is -2.57. The molecule has 184 valence electrons. The Morgan fingerprint density at radius 3 is 2.29 bits per heavy atom. The van der Waals surface area contributed by atoms with Gasteiger partial charge in [0.2, 0.25) is 0 Å². The Morgan fingerprint density at radius 2 is 1.68 bits per heavy atom. The first-order valence-corrected chi connectivity index (χ1v) is 12.7. The molecule has 2 atom stereocenters. The van der Waals surface area contributed by atoms with Crippen molar-refractivity contribution in [3.8, 4) is 5.75 Å². The maximum absolute atomic E-state index is 13.5. The first kappa shape index (κ1) is 24.6. The number of nitrogens with zero attached hydrogens (tertiary/aromatic N) is 2. The van der Waals surface area contributed by atoms with Gasteiger partial charge in [0.05, 0.1) is 12.4 Å². The van der Waals surface area contributed by atoms with Gasteiger partial charge in [0, 0.05) is 32.2 Å². The van der Waals surface area contributed by atoms with E-state index in [1.807, 2.05) is 24.3 Å². The van der Waals surface area contributed by atoms with Crippen molar-refractivity contribution in [2.75, 3.05) is 26.7 Å². The molecule has 0 aromatic heterocycles. The molecule has 1 aliphatic heterocycles. The minimum atomic E-state index is -0.191. The van der Waals surface area contributed by atoms with Gasteiger partial charge in [0.1, 0.15) is 11.6 Å². The van der Waals surface area contributed by atoms with Crippen LogP contribution in [-0.2, 0) is 13.1 Å². The summed E-state index contributed by atoms with van der Waals surface area (Å²) in [7, 11) is 2.24. The Labute approximate surface area is 204 Å². The van der Waals surface area contributed by atoms with Crippen molar-refractivity contribution >= 4 is 0 Å². The fourth-order valence-corrected chi connectivity index (χ4v) is 5.59. The van der Waals surface area contributed by atoms with Crippen molar-refractivity contribution in [2.24, 2.45) is 17.8 Å². The fraction of sp³-hybridized carbons (Fsp3) is 0.517. The minimum absolute atomic E-state index is 0.191. The summed E-state index contributed by atoms with van der Waals surface area (Å²) in [6.45, 7) is 13.2. The number of fused-ring (bicyclic) bond motifs is 2. The number of nitrogens with one attached hydrogen (secondary N) is 1. The van der Waals surface area contributed by atoms with Gasteiger partial charge >= 0.3 is 0 Å². The van der Waals surface area contributed by atoms with Crippen molar-refractivity contribution in [1.82, 2.24) is 15.1 Å². The van der Waals surface area contributed by atoms with Gasteiger partial charge in [-0.15, -0.1) is 0 Å². The number of ether oxygens (including phenoxy) is 1. The van der Waals surface area contributed by atoms with Crippen molar-refractivity contribution < 1.29 is 9.13 Å². The van der Waals surface area contributed by atoms with Gasteiger partial charge < -0.3 is 19.9 Å². The van der Waals surface area contributed by atoms with Crippen molar-refractivity contribution in [3.05, 3.63) is 77.9 Å². The molecule has 2 bridgehead atoms. The molecule has 0 spiro atoms. The second kappa shape index (κ2) is 11.3. The van der Waals surface area contributed by atoms with E-state index in [4.69, 9.17) is 4.74 Å². The summed E-state index contributed by atoms with van der Waals surface area (Å²) in [5.41, 5.74) is 2.32. The molecular weight excluding hydrogens is 425 g/mol. The Balaban J connectivity index is 1.46. The third-order valence-electron chi connectivity index (χ3n) is 7.18. The summed E-state index contributed by atoms with van der Waals surface area (Å²) in [5.74, 6) is 3.45. The standard InChI is InChI=1S/C29H40FN3O/c1-21(2)20-34-28-14-10-23(11-15-28)16-31-22(3)33(17-24-8-12-27(30)13-9-24)29-25-6-5-7-26(29)19-32(4)18-25/h8-15,21,25-26,29,31H,3,5-7,16-20H2,1-2,4H3. The second-order valence-corrected chi connectivity index (χ2v) is 10.6. The largest absolute Gasteiger partial charge is 0.493 e. The zero-order valence-corrected chi connectivity index (χ0v) is 21.0. The van der Waals surface area contributed by atoms with Crippen molar-refractivity contribution in [1.29, 1.82) is 0 Å². The highest BCUT2D eigenvalue weighted by molar-refractivity contribution is 5.27. The van der Waals surface area contributed by atoms with Crippen LogP contribution < -0.4 is 10.1 Å². The molecule has 0 amide bonds. The van der Waals surface area contributed by atoms with E-state index in [9.17, 15) is 4.39 Å². The molecule has 5 heteroatoms. The summed E-state index contributed by atoms with van der Waals surface area (Å²) in [4.78, 5) is 4.95. The van der Waals surface area contributed by atoms with Gasteiger partial charge in [-0.25, -0.2) is 4.39 Å². The number of hydrogen-bond donors (Lipinski definition) is 1. The van der Waals surface area contributed by atoms with Gasteiger partial charge in [0.25, 0.3) is 0 Å². The number of piperidine rings is 1. The summed E-state index contributed by atoms with van der Waals surface area (Å²) in [5, 5.41) is 3.60. The molecule has 2 aliphatic rings. The molecule has 2 aromatic carbocycles. The summed E-state index contributed by atoms with van der Waals surface area (Å²) in [6.07, 6.45) is 3.84.